The van der Waals surface area contributed by atoms with Crippen molar-refractivity contribution in [2.24, 2.45) is 0 Å². The van der Waals surface area contributed by atoms with Crippen LogP contribution in [0.5, 0.6) is 0 Å². The van der Waals surface area contributed by atoms with Crippen molar-refractivity contribution < 1.29 is 14.6 Å². The molecule has 0 aliphatic carbocycles. The number of nitro benzene ring substituents is 2. The predicted molar refractivity (Wildman–Crippen MR) is 89.2 cm³/mol. The molecular formula is C15H22N4O5. The van der Waals surface area contributed by atoms with Crippen LogP contribution in [0.4, 0.5) is 11.4 Å². The Bertz CT molecular complexity index is 629. The van der Waals surface area contributed by atoms with Gasteiger partial charge in [0.1, 0.15) is 0 Å². The summed E-state index contributed by atoms with van der Waals surface area (Å²) in [7, 11) is 0. The van der Waals surface area contributed by atoms with Crippen LogP contribution in [-0.4, -0.2) is 46.8 Å². The second-order valence-corrected chi connectivity index (χ2v) is 5.29. The maximum absolute atomic E-state index is 12.2. The van der Waals surface area contributed by atoms with Crippen LogP contribution in [0.15, 0.2) is 12.1 Å². The molecule has 132 valence electrons. The van der Waals surface area contributed by atoms with E-state index >= 15 is 0 Å². The minimum atomic E-state index is -0.746. The summed E-state index contributed by atoms with van der Waals surface area (Å²) >= 11 is 0. The van der Waals surface area contributed by atoms with Gasteiger partial charge in [0, 0.05) is 18.2 Å². The van der Waals surface area contributed by atoms with Crippen molar-refractivity contribution in [1.29, 1.82) is 0 Å². The van der Waals surface area contributed by atoms with E-state index in [4.69, 9.17) is 0 Å². The van der Waals surface area contributed by atoms with E-state index < -0.39 is 27.1 Å². The fraction of sp³-hybridized carbons (Fsp3) is 0.533. The van der Waals surface area contributed by atoms with Crippen LogP contribution in [0.3, 0.4) is 0 Å². The number of hydrogen-bond acceptors (Lipinski definition) is 6. The third kappa shape index (κ3) is 4.98. The smallest absolute Gasteiger partial charge is 0.279 e. The topological polar surface area (TPSA) is 119 Å². The van der Waals surface area contributed by atoms with Gasteiger partial charge in [-0.05, 0) is 33.0 Å². The second kappa shape index (κ2) is 8.92. The molecule has 0 aromatic heterocycles. The summed E-state index contributed by atoms with van der Waals surface area (Å²) in [6.45, 7) is 8.56. The normalized spacial score (nSPS) is 10.7. The van der Waals surface area contributed by atoms with Crippen LogP contribution in [0, 0.1) is 27.2 Å². The Labute approximate surface area is 139 Å². The van der Waals surface area contributed by atoms with Gasteiger partial charge in [0.15, 0.2) is 0 Å². The molecule has 1 N–H and O–H groups in total. The molecule has 0 bridgehead atoms. The number of rotatable bonds is 9. The molecular weight excluding hydrogens is 316 g/mol. The van der Waals surface area contributed by atoms with Gasteiger partial charge in [0.25, 0.3) is 17.3 Å². The highest BCUT2D eigenvalue weighted by Crippen LogP contribution is 2.27. The van der Waals surface area contributed by atoms with E-state index in [0.29, 0.717) is 6.54 Å². The van der Waals surface area contributed by atoms with Crippen LogP contribution < -0.4 is 5.32 Å². The van der Waals surface area contributed by atoms with E-state index in [2.05, 4.69) is 10.2 Å². The molecule has 1 amide bonds. The first kappa shape index (κ1) is 19.5. The van der Waals surface area contributed by atoms with Crippen molar-refractivity contribution in [2.75, 3.05) is 26.2 Å². The Morgan fingerprint density at radius 2 is 1.79 bits per heavy atom. The van der Waals surface area contributed by atoms with Crippen LogP contribution >= 0.6 is 0 Å². The number of hydrogen-bond donors (Lipinski definition) is 1. The second-order valence-electron chi connectivity index (χ2n) is 5.29. The number of carbonyl (C=O) groups excluding carboxylic acids is 1. The lowest BCUT2D eigenvalue weighted by Crippen LogP contribution is -2.30. The highest BCUT2D eigenvalue weighted by molar-refractivity contribution is 5.97. The van der Waals surface area contributed by atoms with Crippen molar-refractivity contribution in [1.82, 2.24) is 10.2 Å². The van der Waals surface area contributed by atoms with Gasteiger partial charge >= 0.3 is 0 Å². The molecule has 1 aromatic carbocycles. The lowest BCUT2D eigenvalue weighted by Gasteiger charge is -2.17. The highest BCUT2D eigenvalue weighted by Gasteiger charge is 2.24. The van der Waals surface area contributed by atoms with Crippen molar-refractivity contribution >= 4 is 17.3 Å². The van der Waals surface area contributed by atoms with Crippen molar-refractivity contribution in [3.05, 3.63) is 43.5 Å². The van der Waals surface area contributed by atoms with E-state index in [0.717, 1.165) is 38.2 Å². The first-order valence-corrected chi connectivity index (χ1v) is 7.75. The molecule has 1 aromatic rings. The summed E-state index contributed by atoms with van der Waals surface area (Å²) in [6, 6.07) is 1.94. The molecule has 0 saturated carbocycles. The number of carbonyl (C=O) groups is 1. The van der Waals surface area contributed by atoms with Crippen LogP contribution in [0.2, 0.25) is 0 Å². The number of benzene rings is 1. The molecule has 24 heavy (non-hydrogen) atoms. The standard InChI is InChI=1S/C15H22N4O5/c1-4-17(5-2)8-6-7-16-15(20)13-9-12(18(21)22)10-14(11(13)3)19(23)24/h9-10H,4-8H2,1-3H3,(H,16,20). The number of non-ortho nitro benzene ring substituents is 1. The van der Waals surface area contributed by atoms with E-state index in [1.54, 1.807) is 0 Å². The Balaban J connectivity index is 2.86. The zero-order valence-corrected chi connectivity index (χ0v) is 14.1. The lowest BCUT2D eigenvalue weighted by atomic mass is 10.0. The average molecular weight is 338 g/mol. The van der Waals surface area contributed by atoms with Crippen molar-refractivity contribution in [3.63, 3.8) is 0 Å². The quantitative estimate of drug-likeness (QED) is 0.419. The maximum atomic E-state index is 12.2. The molecule has 1 rings (SSSR count). The number of nitrogens with one attached hydrogen (secondary N) is 1. The van der Waals surface area contributed by atoms with Gasteiger partial charge in [0.05, 0.1) is 21.5 Å². The summed E-state index contributed by atoms with van der Waals surface area (Å²) in [4.78, 5) is 34.9. The number of nitro groups is 2. The molecule has 0 saturated heterocycles. The molecule has 0 fully saturated rings. The van der Waals surface area contributed by atoms with Gasteiger partial charge in [-0.2, -0.15) is 0 Å². The highest BCUT2D eigenvalue weighted by atomic mass is 16.6. The Morgan fingerprint density at radius 3 is 2.29 bits per heavy atom. The molecule has 0 heterocycles. The Kier molecular flexibility index (Phi) is 7.25. The van der Waals surface area contributed by atoms with Gasteiger partial charge < -0.3 is 10.2 Å². The fourth-order valence-corrected chi connectivity index (χ4v) is 2.35. The van der Waals surface area contributed by atoms with E-state index in [9.17, 15) is 25.0 Å². The third-order valence-electron chi connectivity index (χ3n) is 3.85. The van der Waals surface area contributed by atoms with E-state index in [1.165, 1.54) is 6.92 Å². The van der Waals surface area contributed by atoms with Crippen molar-refractivity contribution in [3.8, 4) is 0 Å². The molecule has 0 radical (unpaired) electrons. The fourth-order valence-electron chi connectivity index (χ4n) is 2.35. The monoisotopic (exact) mass is 338 g/mol. The minimum absolute atomic E-state index is 0.0428. The van der Waals surface area contributed by atoms with Crippen molar-refractivity contribution in [2.45, 2.75) is 27.2 Å². The molecule has 0 aliphatic heterocycles. The molecule has 0 spiro atoms. The third-order valence-corrected chi connectivity index (χ3v) is 3.85. The Morgan fingerprint density at radius 1 is 1.17 bits per heavy atom. The van der Waals surface area contributed by atoms with E-state index in [1.807, 2.05) is 13.8 Å². The summed E-state index contributed by atoms with van der Waals surface area (Å²) in [5.41, 5.74) is -0.830. The molecule has 0 atom stereocenters. The van der Waals surface area contributed by atoms with Gasteiger partial charge in [0.2, 0.25) is 0 Å². The predicted octanol–water partition coefficient (Wildman–Crippen LogP) is 2.27. The zero-order valence-electron chi connectivity index (χ0n) is 14.1. The first-order chi connectivity index (χ1) is 11.3. The zero-order chi connectivity index (χ0) is 18.3. The number of amides is 1. The average Bonchev–Trinajstić information content (AvgIpc) is 2.54. The largest absolute Gasteiger partial charge is 0.352 e. The summed E-state index contributed by atoms with van der Waals surface area (Å²) in [5.74, 6) is -0.543. The number of nitrogens with zero attached hydrogens (tertiary/aromatic N) is 3. The van der Waals surface area contributed by atoms with Gasteiger partial charge in [-0.25, -0.2) is 0 Å². The summed E-state index contributed by atoms with van der Waals surface area (Å²) in [6.07, 6.45) is 0.726. The SMILES string of the molecule is CCN(CC)CCCNC(=O)c1cc([N+](=O)[O-])cc([N+](=O)[O-])c1C. The molecule has 0 aliphatic rings. The molecule has 9 heteroatoms. The lowest BCUT2D eigenvalue weighted by molar-refractivity contribution is -0.394. The van der Waals surface area contributed by atoms with Crippen LogP contribution in [-0.2, 0) is 0 Å². The van der Waals surface area contributed by atoms with Crippen LogP contribution in [0.1, 0.15) is 36.2 Å². The molecule has 0 unspecified atom stereocenters. The first-order valence-electron chi connectivity index (χ1n) is 7.75. The summed E-state index contributed by atoms with van der Waals surface area (Å²) in [5, 5.41) is 24.6. The molecule has 9 nitrogen and oxygen atoms in total. The van der Waals surface area contributed by atoms with E-state index in [-0.39, 0.29) is 11.1 Å². The van der Waals surface area contributed by atoms with Gasteiger partial charge in [-0.3, -0.25) is 25.0 Å². The van der Waals surface area contributed by atoms with Gasteiger partial charge in [-0.15, -0.1) is 0 Å². The Hall–Kier alpha value is -2.55. The van der Waals surface area contributed by atoms with Crippen LogP contribution in [0.25, 0.3) is 0 Å². The van der Waals surface area contributed by atoms with Gasteiger partial charge in [-0.1, -0.05) is 13.8 Å². The maximum Gasteiger partial charge on any atom is 0.279 e. The summed E-state index contributed by atoms with van der Waals surface area (Å²) < 4.78 is 0. The minimum Gasteiger partial charge on any atom is -0.352 e.